The number of hydrogen-bond donors (Lipinski definition) is 1. The Morgan fingerprint density at radius 1 is 0.359 bits per heavy atom. The first-order chi connectivity index (χ1) is 43.1. The van der Waals surface area contributed by atoms with Crippen LogP contribution in [0.3, 0.4) is 0 Å². The number of rotatable bonds is 26. The van der Waals surface area contributed by atoms with Gasteiger partial charge in [-0.15, -0.1) is 0 Å². The highest BCUT2D eigenvalue weighted by Crippen LogP contribution is 2.51. The Labute approximate surface area is 551 Å². The summed E-state index contributed by atoms with van der Waals surface area (Å²) >= 11 is 0. The number of imide groups is 1. The fourth-order valence-electron chi connectivity index (χ4n) is 15.3. The number of aliphatic hydroxyl groups excluding tert-OH is 1. The van der Waals surface area contributed by atoms with Crippen molar-refractivity contribution in [2.45, 2.75) is 330 Å². The average molecular weight is 1260 g/mol. The number of hydrogen-bond acceptors (Lipinski definition) is 12. The fourth-order valence-corrected chi connectivity index (χ4v) is 15.3. The summed E-state index contributed by atoms with van der Waals surface area (Å²) in [7, 11) is -4.15. The molecule has 1 N–H and O–H groups in total. The Balaban J connectivity index is 1.31. The van der Waals surface area contributed by atoms with Gasteiger partial charge in [0.15, 0.2) is 6.23 Å². The number of benzene rings is 5. The summed E-state index contributed by atoms with van der Waals surface area (Å²) in [4.78, 5) is 53.6. The maximum atomic E-state index is 16.8. The predicted octanol–water partition coefficient (Wildman–Crippen LogP) is 14.6. The van der Waals surface area contributed by atoms with Gasteiger partial charge in [-0.05, 0) is 191 Å². The Morgan fingerprint density at radius 2 is 0.620 bits per heavy atom. The molecule has 5 aromatic carbocycles. The van der Waals surface area contributed by atoms with Crippen LogP contribution >= 0.6 is 0 Å². The maximum absolute atomic E-state index is 16.8. The molecule has 1 unspecified atom stereocenters. The van der Waals surface area contributed by atoms with Crippen molar-refractivity contribution >= 4 is 111 Å². The monoisotopic (exact) mass is 1260 g/mol. The number of unbranched alkanes of at least 4 members (excludes halogenated alkanes) is 12. The summed E-state index contributed by atoms with van der Waals surface area (Å²) in [6, 6.07) is 7.61. The van der Waals surface area contributed by atoms with Crippen LogP contribution in [-0.2, 0) is 37.2 Å². The number of nitrogens with zero attached hydrogens (tertiary/aromatic N) is 2. The molecule has 6 aliphatic heterocycles. The van der Waals surface area contributed by atoms with Crippen molar-refractivity contribution in [1.82, 2.24) is 9.80 Å². The minimum absolute atomic E-state index is 0.295. The molecular formula is C74H108B4N2O12. The second-order valence-corrected chi connectivity index (χ2v) is 32.2. The van der Waals surface area contributed by atoms with Gasteiger partial charge in [0.1, 0.15) is 0 Å². The van der Waals surface area contributed by atoms with Gasteiger partial charge >= 0.3 is 28.5 Å². The van der Waals surface area contributed by atoms with E-state index in [2.05, 4.69) is 52.0 Å². The van der Waals surface area contributed by atoms with Crippen molar-refractivity contribution in [2.24, 2.45) is 0 Å². The van der Waals surface area contributed by atoms with E-state index in [1.165, 1.54) is 0 Å². The van der Waals surface area contributed by atoms with Crippen molar-refractivity contribution in [3.05, 3.63) is 46.5 Å². The van der Waals surface area contributed by atoms with Gasteiger partial charge in [0.25, 0.3) is 17.7 Å². The van der Waals surface area contributed by atoms with E-state index in [1.54, 1.807) is 9.80 Å². The molecule has 18 heteroatoms. The van der Waals surface area contributed by atoms with Crippen molar-refractivity contribution in [1.29, 1.82) is 0 Å². The quantitative estimate of drug-likeness (QED) is 0.0184. The van der Waals surface area contributed by atoms with Gasteiger partial charge in [-0.1, -0.05) is 155 Å². The van der Waals surface area contributed by atoms with Gasteiger partial charge in [-0.25, -0.2) is 0 Å². The normalized spacial score (nSPS) is 22.6. The molecule has 4 fully saturated rings. The average Bonchev–Trinajstić information content (AvgIpc) is 0.787. The molecule has 14 nitrogen and oxygen atoms in total. The van der Waals surface area contributed by atoms with Gasteiger partial charge in [0.2, 0.25) is 0 Å². The summed E-state index contributed by atoms with van der Waals surface area (Å²) < 4.78 is 57.1. The number of fused-ring (bicyclic) bond motifs is 2. The topological polar surface area (TPSA) is 152 Å². The van der Waals surface area contributed by atoms with E-state index in [0.717, 1.165) is 121 Å². The lowest BCUT2D eigenvalue weighted by Crippen LogP contribution is -2.53. The van der Waals surface area contributed by atoms with Crippen LogP contribution in [0.2, 0.25) is 0 Å². The van der Waals surface area contributed by atoms with Crippen molar-refractivity contribution in [3.63, 3.8) is 0 Å². The third-order valence-corrected chi connectivity index (χ3v) is 23.7. The molecule has 5 aromatic rings. The molecule has 3 amide bonds. The van der Waals surface area contributed by atoms with Gasteiger partial charge in [-0.2, -0.15) is 0 Å². The first-order valence-corrected chi connectivity index (χ1v) is 35.8. The van der Waals surface area contributed by atoms with Crippen LogP contribution in [-0.4, -0.2) is 118 Å². The molecule has 0 saturated carbocycles. The minimum Gasteiger partial charge on any atom is -0.399 e. The van der Waals surface area contributed by atoms with E-state index in [-0.39, 0.29) is 23.8 Å². The standard InChI is InChI=1S/C74H108B4N2O12/c1-21-25-29-33-37-45(38-34-30-26-22-2)79-63(81)57-51(75-85-67(5,6)68(7,8)86-75)41-47-49-43-53(77-89-71(13,14)72(15,16)90-77)59-62-56(49)50(48-42-52(58(64(79)82)61(57)55(47)48)76-87-69(9,10)70(11,12)88-76)44-54(78-91-73(17,18)74(19,20)92-78)60(62)66(84)80(65(59)83)46(39-35-31-27-23-3)40-36-32-28-24-4/h41-46,63,81H,21-40H2,1-20H3. The lowest BCUT2D eigenvalue weighted by Gasteiger charge is -2.42. The Kier molecular flexibility index (Phi) is 18.9. The third-order valence-electron chi connectivity index (χ3n) is 23.7. The van der Waals surface area contributed by atoms with E-state index in [0.29, 0.717) is 94.7 Å². The van der Waals surface area contributed by atoms with Gasteiger partial charge < -0.3 is 47.2 Å². The highest BCUT2D eigenvalue weighted by molar-refractivity contribution is 6.70. The fraction of sp³-hybridized carbons (Fsp3) is 0.689. The zero-order valence-electron chi connectivity index (χ0n) is 59.8. The summed E-state index contributed by atoms with van der Waals surface area (Å²) in [5, 5.41) is 19.1. The highest BCUT2D eigenvalue weighted by atomic mass is 16.7. The second-order valence-electron chi connectivity index (χ2n) is 32.2. The smallest absolute Gasteiger partial charge is 0.399 e. The molecule has 92 heavy (non-hydrogen) atoms. The molecule has 498 valence electrons. The van der Waals surface area contributed by atoms with Gasteiger partial charge in [0.05, 0.1) is 44.8 Å². The number of aliphatic hydroxyl groups is 1. The lowest BCUT2D eigenvalue weighted by molar-refractivity contribution is -0.0195. The van der Waals surface area contributed by atoms with Crippen LogP contribution in [0.1, 0.15) is 310 Å². The Bertz CT molecular complexity index is 3450. The first-order valence-electron chi connectivity index (χ1n) is 35.8. The van der Waals surface area contributed by atoms with Crippen molar-refractivity contribution < 1.29 is 56.7 Å². The van der Waals surface area contributed by atoms with Crippen LogP contribution in [0.5, 0.6) is 0 Å². The first kappa shape index (κ1) is 69.3. The molecule has 4 saturated heterocycles. The molecule has 0 bridgehead atoms. The summed E-state index contributed by atoms with van der Waals surface area (Å²) in [6.07, 6.45) is 17.4. The third kappa shape index (κ3) is 11.5. The van der Waals surface area contributed by atoms with Gasteiger partial charge in [0, 0.05) is 45.1 Å². The molecule has 6 aliphatic rings. The predicted molar refractivity (Wildman–Crippen MR) is 375 cm³/mol. The van der Waals surface area contributed by atoms with Crippen LogP contribution in [0.15, 0.2) is 24.3 Å². The second kappa shape index (κ2) is 25.1. The molecule has 0 aliphatic carbocycles. The number of carbonyl (C=O) groups is 3. The lowest BCUT2D eigenvalue weighted by atomic mass is 9.64. The van der Waals surface area contributed by atoms with E-state index in [4.69, 9.17) is 37.2 Å². The zero-order valence-corrected chi connectivity index (χ0v) is 59.8. The molecule has 0 radical (unpaired) electrons. The van der Waals surface area contributed by atoms with Crippen LogP contribution in [0, 0.1) is 0 Å². The maximum Gasteiger partial charge on any atom is 0.495 e. The molecule has 11 rings (SSSR count). The van der Waals surface area contributed by atoms with Gasteiger partial charge in [-0.3, -0.25) is 19.3 Å². The van der Waals surface area contributed by atoms with E-state index in [9.17, 15) is 5.11 Å². The Hall–Kier alpha value is -4.09. The summed E-state index contributed by atoms with van der Waals surface area (Å²) in [6.45, 7) is 41.2. The van der Waals surface area contributed by atoms with E-state index in [1.807, 2.05) is 111 Å². The van der Waals surface area contributed by atoms with Crippen LogP contribution in [0.4, 0.5) is 0 Å². The molecule has 6 heterocycles. The van der Waals surface area contributed by atoms with Crippen LogP contribution < -0.4 is 21.9 Å². The Morgan fingerprint density at radius 3 is 0.924 bits per heavy atom. The van der Waals surface area contributed by atoms with E-state index >= 15 is 14.4 Å². The highest BCUT2D eigenvalue weighted by Gasteiger charge is 2.60. The molecule has 0 aromatic heterocycles. The number of amides is 3. The van der Waals surface area contributed by atoms with E-state index < -0.39 is 85.6 Å². The minimum atomic E-state index is -1.42. The SMILES string of the molecule is CCCCCCC(CCCCCC)N1C(=O)c2c(B3OC(C)(C)C(C)(C)O3)cc3c4cc(B5OC(C)(C)C(C)(C)O5)c5c6c(c(B7OC(C)(C)C(C)(C)O7)cc(c7cc(B8OC(C)(C)C(C)(C)O8)c(c2c37)C1=O)c64)C(O)N(C(CCCCCC)CCCCCC)C5=O. The summed E-state index contributed by atoms with van der Waals surface area (Å²) in [5.41, 5.74) is -2.81. The van der Waals surface area contributed by atoms with Crippen molar-refractivity contribution in [2.75, 3.05) is 0 Å². The summed E-state index contributed by atoms with van der Waals surface area (Å²) in [5.74, 6) is -1.06. The largest absolute Gasteiger partial charge is 0.495 e. The number of carbonyl (C=O) groups excluding carboxylic acids is 3. The van der Waals surface area contributed by atoms with Crippen LogP contribution in [0.25, 0.3) is 43.1 Å². The molecule has 0 spiro atoms. The molecule has 1 atom stereocenters. The molecular weight excluding hydrogens is 1150 g/mol. The van der Waals surface area contributed by atoms with Crippen molar-refractivity contribution in [3.8, 4) is 0 Å². The zero-order chi connectivity index (χ0) is 66.8.